The van der Waals surface area contributed by atoms with E-state index >= 15 is 0 Å². The Morgan fingerprint density at radius 1 is 1.00 bits per heavy atom. The molecule has 3 nitrogen and oxygen atoms in total. The molecule has 0 radical (unpaired) electrons. The molecular weight excluding hydrogens is 226 g/mol. The van der Waals surface area contributed by atoms with Gasteiger partial charge in [-0.1, -0.05) is 26.7 Å². The lowest BCUT2D eigenvalue weighted by atomic mass is 10.2. The van der Waals surface area contributed by atoms with Gasteiger partial charge in [-0.15, -0.1) is 0 Å². The van der Waals surface area contributed by atoms with Crippen LogP contribution in [0.2, 0.25) is 0 Å². The van der Waals surface area contributed by atoms with E-state index in [1.807, 2.05) is 20.8 Å². The van der Waals surface area contributed by atoms with Crippen molar-refractivity contribution in [2.24, 2.45) is 0 Å². The molecule has 0 heterocycles. The van der Waals surface area contributed by atoms with Gasteiger partial charge in [0.2, 0.25) is 0 Å². The van der Waals surface area contributed by atoms with Gasteiger partial charge in [-0.25, -0.2) is 0 Å². The van der Waals surface area contributed by atoms with Gasteiger partial charge >= 0.3 is 5.97 Å². The van der Waals surface area contributed by atoms with Crippen molar-refractivity contribution in [1.29, 1.82) is 0 Å². The van der Waals surface area contributed by atoms with Crippen LogP contribution in [0.3, 0.4) is 0 Å². The normalized spacial score (nSPS) is 11.9. The third kappa shape index (κ3) is 10.6. The number of hydrogen-bond acceptors (Lipinski definition) is 3. The topological polar surface area (TPSA) is 29.5 Å². The van der Waals surface area contributed by atoms with Gasteiger partial charge in [0.05, 0.1) is 6.42 Å². The quantitative estimate of drug-likeness (QED) is 0.591. The molecule has 3 heteroatoms. The first-order valence-corrected chi connectivity index (χ1v) is 7.33. The number of unbranched alkanes of at least 4 members (excludes halogenated alkanes) is 2. The summed E-state index contributed by atoms with van der Waals surface area (Å²) in [6.07, 6.45) is 5.32. The van der Waals surface area contributed by atoms with Gasteiger partial charge in [-0.2, -0.15) is 0 Å². The summed E-state index contributed by atoms with van der Waals surface area (Å²) in [7, 11) is 0. The van der Waals surface area contributed by atoms with Crippen molar-refractivity contribution in [3.8, 4) is 0 Å². The average Bonchev–Trinajstić information content (AvgIpc) is 2.25. The minimum Gasteiger partial charge on any atom is -0.460 e. The van der Waals surface area contributed by atoms with Crippen LogP contribution in [0.15, 0.2) is 0 Å². The summed E-state index contributed by atoms with van der Waals surface area (Å²) < 4.78 is 5.33. The molecule has 0 amide bonds. The highest BCUT2D eigenvalue weighted by atomic mass is 16.6. The maximum Gasteiger partial charge on any atom is 0.307 e. The van der Waals surface area contributed by atoms with Crippen LogP contribution in [0, 0.1) is 0 Å². The molecule has 18 heavy (non-hydrogen) atoms. The third-order valence-corrected chi connectivity index (χ3v) is 2.71. The fraction of sp³-hybridized carbons (Fsp3) is 0.933. The number of ether oxygens (including phenoxy) is 1. The zero-order valence-corrected chi connectivity index (χ0v) is 12.9. The molecule has 0 aliphatic carbocycles. The molecule has 0 unspecified atom stereocenters. The smallest absolute Gasteiger partial charge is 0.307 e. The standard InChI is InChI=1S/C15H31NO2/c1-6-8-11-16(12-9-7-2)13-10-14(17)18-15(3,4)5/h6-13H2,1-5H3. The van der Waals surface area contributed by atoms with Crippen molar-refractivity contribution in [2.45, 2.75) is 72.3 Å². The molecule has 0 aromatic rings. The van der Waals surface area contributed by atoms with Crippen molar-refractivity contribution in [3.05, 3.63) is 0 Å². The van der Waals surface area contributed by atoms with Crippen molar-refractivity contribution in [3.63, 3.8) is 0 Å². The maximum absolute atomic E-state index is 11.7. The molecule has 0 rings (SSSR count). The van der Waals surface area contributed by atoms with Crippen LogP contribution in [0.1, 0.15) is 66.7 Å². The van der Waals surface area contributed by atoms with Crippen molar-refractivity contribution in [1.82, 2.24) is 4.90 Å². The van der Waals surface area contributed by atoms with E-state index in [2.05, 4.69) is 18.7 Å². The fourth-order valence-corrected chi connectivity index (χ4v) is 1.74. The number of carbonyl (C=O) groups excluding carboxylic acids is 1. The first kappa shape index (κ1) is 17.4. The highest BCUT2D eigenvalue weighted by molar-refractivity contribution is 5.70. The summed E-state index contributed by atoms with van der Waals surface area (Å²) in [6, 6.07) is 0. The van der Waals surface area contributed by atoms with Gasteiger partial charge in [0, 0.05) is 6.54 Å². The molecule has 0 aromatic carbocycles. The Morgan fingerprint density at radius 3 is 1.89 bits per heavy atom. The van der Waals surface area contributed by atoms with E-state index in [4.69, 9.17) is 4.74 Å². The Kier molecular flexibility index (Phi) is 9.08. The number of esters is 1. The Hall–Kier alpha value is -0.570. The molecule has 0 spiro atoms. The van der Waals surface area contributed by atoms with E-state index < -0.39 is 0 Å². The average molecular weight is 257 g/mol. The van der Waals surface area contributed by atoms with Crippen molar-refractivity contribution < 1.29 is 9.53 Å². The predicted octanol–water partition coefficient (Wildman–Crippen LogP) is 3.62. The molecule has 0 saturated carbocycles. The molecule has 0 atom stereocenters. The lowest BCUT2D eigenvalue weighted by Gasteiger charge is -2.23. The summed E-state index contributed by atoms with van der Waals surface area (Å²) in [5.41, 5.74) is -0.366. The van der Waals surface area contributed by atoms with Crippen LogP contribution in [0.4, 0.5) is 0 Å². The Labute approximate surface area is 113 Å². The second-order valence-electron chi connectivity index (χ2n) is 5.89. The summed E-state index contributed by atoms with van der Waals surface area (Å²) >= 11 is 0. The van der Waals surface area contributed by atoms with Gasteiger partial charge in [-0.3, -0.25) is 4.79 Å². The maximum atomic E-state index is 11.7. The van der Waals surface area contributed by atoms with E-state index in [0.29, 0.717) is 6.42 Å². The van der Waals surface area contributed by atoms with Crippen LogP contribution in [-0.2, 0) is 9.53 Å². The summed E-state index contributed by atoms with van der Waals surface area (Å²) in [5, 5.41) is 0. The Morgan fingerprint density at radius 2 is 1.50 bits per heavy atom. The molecule has 0 aliphatic heterocycles. The van der Waals surface area contributed by atoms with Gasteiger partial charge in [0.15, 0.2) is 0 Å². The lowest BCUT2D eigenvalue weighted by Crippen LogP contribution is -2.31. The molecule has 0 aromatic heterocycles. The summed E-state index contributed by atoms with van der Waals surface area (Å²) in [5.74, 6) is -0.0829. The molecular formula is C15H31NO2. The minimum atomic E-state index is -0.366. The zero-order valence-electron chi connectivity index (χ0n) is 12.9. The number of rotatable bonds is 9. The monoisotopic (exact) mass is 257 g/mol. The van der Waals surface area contributed by atoms with E-state index in [9.17, 15) is 4.79 Å². The molecule has 0 saturated heterocycles. The fourth-order valence-electron chi connectivity index (χ4n) is 1.74. The van der Waals surface area contributed by atoms with Gasteiger partial charge in [-0.05, 0) is 46.7 Å². The van der Waals surface area contributed by atoms with Gasteiger partial charge < -0.3 is 9.64 Å². The lowest BCUT2D eigenvalue weighted by molar-refractivity contribution is -0.155. The SMILES string of the molecule is CCCCN(CCCC)CCC(=O)OC(C)(C)C. The first-order valence-electron chi connectivity index (χ1n) is 7.33. The first-order chi connectivity index (χ1) is 8.39. The van der Waals surface area contributed by atoms with Crippen LogP contribution < -0.4 is 0 Å². The van der Waals surface area contributed by atoms with Crippen LogP contribution in [0.5, 0.6) is 0 Å². The van der Waals surface area contributed by atoms with Gasteiger partial charge in [0.25, 0.3) is 0 Å². The molecule has 0 N–H and O–H groups in total. The van der Waals surface area contributed by atoms with Crippen LogP contribution in [0.25, 0.3) is 0 Å². The van der Waals surface area contributed by atoms with Crippen molar-refractivity contribution >= 4 is 5.97 Å². The van der Waals surface area contributed by atoms with Gasteiger partial charge in [0.1, 0.15) is 5.60 Å². The summed E-state index contributed by atoms with van der Waals surface area (Å²) in [4.78, 5) is 14.0. The third-order valence-electron chi connectivity index (χ3n) is 2.71. The van der Waals surface area contributed by atoms with E-state index in [1.54, 1.807) is 0 Å². The van der Waals surface area contributed by atoms with Crippen molar-refractivity contribution in [2.75, 3.05) is 19.6 Å². The molecule has 0 aliphatic rings. The van der Waals surface area contributed by atoms with E-state index in [1.165, 1.54) is 25.7 Å². The predicted molar refractivity (Wildman–Crippen MR) is 76.7 cm³/mol. The minimum absolute atomic E-state index is 0.0829. The summed E-state index contributed by atoms with van der Waals surface area (Å²) in [6.45, 7) is 13.2. The highest BCUT2D eigenvalue weighted by Crippen LogP contribution is 2.09. The van der Waals surface area contributed by atoms with E-state index in [0.717, 1.165) is 19.6 Å². The van der Waals surface area contributed by atoms with Crippen LogP contribution >= 0.6 is 0 Å². The highest BCUT2D eigenvalue weighted by Gasteiger charge is 2.16. The second kappa shape index (κ2) is 9.37. The molecule has 108 valence electrons. The molecule has 0 bridgehead atoms. The Balaban J connectivity index is 3.96. The largest absolute Gasteiger partial charge is 0.460 e. The second-order valence-corrected chi connectivity index (χ2v) is 5.89. The number of carbonyl (C=O) groups is 1. The number of nitrogens with zero attached hydrogens (tertiary/aromatic N) is 1. The van der Waals surface area contributed by atoms with E-state index in [-0.39, 0.29) is 11.6 Å². The molecule has 0 fully saturated rings. The number of hydrogen-bond donors (Lipinski definition) is 0. The Bertz CT molecular complexity index is 213. The zero-order chi connectivity index (χ0) is 14.0. The van der Waals surface area contributed by atoms with Crippen LogP contribution in [-0.4, -0.2) is 36.1 Å².